The highest BCUT2D eigenvalue weighted by Crippen LogP contribution is 2.37. The molecular weight excluding hydrogens is 430 g/mol. The molecule has 33 heavy (non-hydrogen) atoms. The first-order valence-corrected chi connectivity index (χ1v) is 11.0. The normalized spacial score (nSPS) is 28.5. The molecule has 0 spiro atoms. The summed E-state index contributed by atoms with van der Waals surface area (Å²) in [6.45, 7) is 7.38. The second-order valence-corrected chi connectivity index (χ2v) is 8.73. The summed E-state index contributed by atoms with van der Waals surface area (Å²) in [5, 5.41) is 2.81. The number of cyclic esters (lactones) is 1. The van der Waals surface area contributed by atoms with Crippen LogP contribution in [0.2, 0.25) is 0 Å². The summed E-state index contributed by atoms with van der Waals surface area (Å²) < 4.78 is 33.7. The van der Waals surface area contributed by atoms with Gasteiger partial charge in [-0.25, -0.2) is 4.79 Å². The third kappa shape index (κ3) is 6.25. The van der Waals surface area contributed by atoms with Crippen LogP contribution in [0.1, 0.15) is 50.9 Å². The molecule has 1 aromatic carbocycles. The fraction of sp³-hybridized carbons (Fsp3) is 0.583. The molecule has 1 saturated heterocycles. The van der Waals surface area contributed by atoms with Crippen molar-refractivity contribution in [3.8, 4) is 11.5 Å². The molecular formula is C24H33NO8. The fourth-order valence-electron chi connectivity index (χ4n) is 3.99. The van der Waals surface area contributed by atoms with Crippen molar-refractivity contribution in [2.24, 2.45) is 5.92 Å². The van der Waals surface area contributed by atoms with Gasteiger partial charge in [-0.1, -0.05) is 19.1 Å². The number of carbonyl (C=O) groups excluding carboxylic acids is 2. The highest BCUT2D eigenvalue weighted by atomic mass is 16.8. The number of anilines is 1. The van der Waals surface area contributed by atoms with Crippen LogP contribution in [0.5, 0.6) is 11.5 Å². The van der Waals surface area contributed by atoms with E-state index >= 15 is 0 Å². The van der Waals surface area contributed by atoms with Crippen LogP contribution in [0.4, 0.5) is 5.69 Å². The van der Waals surface area contributed by atoms with Crippen molar-refractivity contribution >= 4 is 17.6 Å². The Kier molecular flexibility index (Phi) is 7.99. The third-order valence-electron chi connectivity index (χ3n) is 5.46. The molecule has 1 unspecified atom stereocenters. The van der Waals surface area contributed by atoms with Gasteiger partial charge >= 0.3 is 5.97 Å². The Morgan fingerprint density at radius 2 is 1.91 bits per heavy atom. The maximum Gasteiger partial charge on any atom is 0.344 e. The van der Waals surface area contributed by atoms with Gasteiger partial charge in [-0.05, 0) is 20.8 Å². The highest BCUT2D eigenvalue weighted by molar-refractivity contribution is 6.04. The Bertz CT molecular complexity index is 897. The van der Waals surface area contributed by atoms with Crippen LogP contribution < -0.4 is 14.8 Å². The van der Waals surface area contributed by atoms with E-state index in [-0.39, 0.29) is 48.1 Å². The Morgan fingerprint density at radius 3 is 2.61 bits per heavy atom. The van der Waals surface area contributed by atoms with Crippen molar-refractivity contribution in [3.05, 3.63) is 29.8 Å². The molecule has 9 heteroatoms. The summed E-state index contributed by atoms with van der Waals surface area (Å²) in [4.78, 5) is 26.2. The predicted octanol–water partition coefficient (Wildman–Crippen LogP) is 3.67. The highest BCUT2D eigenvalue weighted by Gasteiger charge is 2.44. The van der Waals surface area contributed by atoms with Gasteiger partial charge in [-0.15, -0.1) is 0 Å². The topological polar surface area (TPSA) is 102 Å². The number of hydrogen-bond acceptors (Lipinski definition) is 8. The summed E-state index contributed by atoms with van der Waals surface area (Å²) in [5.41, 5.74) is 0.306. The smallest absolute Gasteiger partial charge is 0.344 e. The van der Waals surface area contributed by atoms with Crippen LogP contribution in [0.3, 0.4) is 0 Å². The molecule has 2 aliphatic heterocycles. The number of fused-ring (bicyclic) bond motifs is 2. The van der Waals surface area contributed by atoms with Gasteiger partial charge in [0.2, 0.25) is 5.91 Å². The van der Waals surface area contributed by atoms with E-state index in [1.54, 1.807) is 19.1 Å². The van der Waals surface area contributed by atoms with E-state index in [1.807, 2.05) is 32.9 Å². The van der Waals surface area contributed by atoms with Crippen molar-refractivity contribution in [3.63, 3.8) is 0 Å². The summed E-state index contributed by atoms with van der Waals surface area (Å²) in [6.07, 6.45) is 3.36. The summed E-state index contributed by atoms with van der Waals surface area (Å²) in [7, 11) is 2.95. The lowest BCUT2D eigenvalue weighted by Gasteiger charge is -2.23. The molecule has 1 amide bonds. The van der Waals surface area contributed by atoms with E-state index in [0.717, 1.165) is 0 Å². The lowest BCUT2D eigenvalue weighted by atomic mass is 9.96. The Balaban J connectivity index is 2.02. The van der Waals surface area contributed by atoms with Gasteiger partial charge < -0.3 is 33.7 Å². The first-order chi connectivity index (χ1) is 15.6. The molecule has 1 fully saturated rings. The van der Waals surface area contributed by atoms with Gasteiger partial charge in [0.05, 0.1) is 31.4 Å². The minimum atomic E-state index is -0.805. The first-order valence-electron chi connectivity index (χ1n) is 11.0. The molecule has 4 atom stereocenters. The number of hydrogen-bond donors (Lipinski definition) is 1. The second-order valence-electron chi connectivity index (χ2n) is 8.73. The van der Waals surface area contributed by atoms with Gasteiger partial charge in [0.1, 0.15) is 23.2 Å². The molecule has 0 radical (unpaired) electrons. The maximum absolute atomic E-state index is 13.1. The van der Waals surface area contributed by atoms with E-state index in [1.165, 1.54) is 14.2 Å². The molecule has 3 rings (SSSR count). The lowest BCUT2D eigenvalue weighted by Crippen LogP contribution is -2.32. The molecule has 9 nitrogen and oxygen atoms in total. The molecule has 1 aromatic rings. The predicted molar refractivity (Wildman–Crippen MR) is 120 cm³/mol. The van der Waals surface area contributed by atoms with Crippen LogP contribution in [0, 0.1) is 5.92 Å². The van der Waals surface area contributed by atoms with Crippen LogP contribution >= 0.6 is 0 Å². The molecule has 0 bridgehead atoms. The van der Waals surface area contributed by atoms with Crippen LogP contribution in [0.15, 0.2) is 24.3 Å². The zero-order chi connectivity index (χ0) is 24.2. The van der Waals surface area contributed by atoms with Gasteiger partial charge in [-0.2, -0.15) is 0 Å². The molecule has 0 aliphatic carbocycles. The largest absolute Gasteiger partial charge is 0.497 e. The molecule has 0 aromatic heterocycles. The van der Waals surface area contributed by atoms with Crippen molar-refractivity contribution < 1.29 is 38.0 Å². The van der Waals surface area contributed by atoms with Gasteiger partial charge in [-0.3, -0.25) is 4.79 Å². The Hall–Kier alpha value is -2.62. The van der Waals surface area contributed by atoms with E-state index in [9.17, 15) is 9.59 Å². The third-order valence-corrected chi connectivity index (χ3v) is 5.46. The monoisotopic (exact) mass is 463 g/mol. The summed E-state index contributed by atoms with van der Waals surface area (Å²) >= 11 is 0. The lowest BCUT2D eigenvalue weighted by molar-refractivity contribution is -0.150. The van der Waals surface area contributed by atoms with E-state index in [4.69, 9.17) is 28.4 Å². The molecule has 2 heterocycles. The fourth-order valence-corrected chi connectivity index (χ4v) is 3.99. The van der Waals surface area contributed by atoms with Gasteiger partial charge in [0.15, 0.2) is 12.6 Å². The van der Waals surface area contributed by atoms with Gasteiger partial charge in [0, 0.05) is 31.6 Å². The number of amides is 1. The minimum Gasteiger partial charge on any atom is -0.497 e. The summed E-state index contributed by atoms with van der Waals surface area (Å²) in [6, 6.07) is 3.10. The average molecular weight is 464 g/mol. The van der Waals surface area contributed by atoms with Crippen molar-refractivity contribution in [1.29, 1.82) is 0 Å². The van der Waals surface area contributed by atoms with E-state index in [2.05, 4.69) is 5.32 Å². The Morgan fingerprint density at radius 1 is 1.15 bits per heavy atom. The number of rotatable bonds is 4. The van der Waals surface area contributed by atoms with Crippen molar-refractivity contribution in [2.75, 3.05) is 26.3 Å². The minimum absolute atomic E-state index is 0.00292. The zero-order valence-corrected chi connectivity index (χ0v) is 20.0. The second kappa shape index (κ2) is 10.5. The number of esters is 1. The average Bonchev–Trinajstić information content (AvgIpc) is 3.04. The zero-order valence-electron chi connectivity index (χ0n) is 20.0. The van der Waals surface area contributed by atoms with Gasteiger partial charge in [0.25, 0.3) is 0 Å². The molecule has 1 N–H and O–H groups in total. The number of benzene rings is 1. The van der Waals surface area contributed by atoms with Crippen LogP contribution in [0.25, 0.3) is 0 Å². The number of carbonyl (C=O) groups is 2. The quantitative estimate of drug-likeness (QED) is 0.410. The summed E-state index contributed by atoms with van der Waals surface area (Å²) in [5.74, 6) is -1.19. The number of ether oxygens (including phenoxy) is 6. The van der Waals surface area contributed by atoms with Crippen molar-refractivity contribution in [1.82, 2.24) is 0 Å². The van der Waals surface area contributed by atoms with Crippen molar-refractivity contribution in [2.45, 2.75) is 64.6 Å². The molecule has 182 valence electrons. The van der Waals surface area contributed by atoms with Crippen LogP contribution in [-0.4, -0.2) is 57.0 Å². The standard InChI is InChI=1S/C24H33NO8/c1-14-8-7-9-15(2)31-23(27)21-17(10-16(29-6)11-18(21)30-13-28-5)25-20(26)12-19-22(14)33-24(3,4)32-19/h7-8,10-11,14-15,19,22H,9,12-13H2,1-6H3,(H,25,26)/b8-7-/t14?,15-,19-,22+/m0/s1. The number of nitrogens with one attached hydrogen (secondary N) is 1. The Labute approximate surface area is 194 Å². The molecule has 0 saturated carbocycles. The SMILES string of the molecule is COCOc1cc(OC)cc2c1C(=O)O[C@@H](C)C/C=C\C(C)[C@H]1OC(C)(C)O[C@H]1CC(=O)N2. The van der Waals surface area contributed by atoms with E-state index in [0.29, 0.717) is 12.2 Å². The first kappa shape index (κ1) is 25.0. The van der Waals surface area contributed by atoms with Crippen LogP contribution in [-0.2, 0) is 23.7 Å². The number of methoxy groups -OCH3 is 2. The van der Waals surface area contributed by atoms with E-state index < -0.39 is 24.0 Å². The maximum atomic E-state index is 13.1. The molecule has 2 aliphatic rings.